The Morgan fingerprint density at radius 1 is 0.176 bits per heavy atom. The van der Waals surface area contributed by atoms with Crippen molar-refractivity contribution >= 4 is 107 Å². The molecule has 0 bridgehead atoms. The van der Waals surface area contributed by atoms with Crippen LogP contribution in [-0.4, -0.2) is 49.0 Å². The van der Waals surface area contributed by atoms with E-state index >= 15 is 0 Å². The number of hydrogen-bond acceptors (Lipinski definition) is 10. The fourth-order valence-corrected chi connectivity index (χ4v) is 21.7. The summed E-state index contributed by atoms with van der Waals surface area (Å²) in [6.07, 6.45) is 4.03. The van der Waals surface area contributed by atoms with Crippen LogP contribution in [0.3, 0.4) is 0 Å². The van der Waals surface area contributed by atoms with Gasteiger partial charge in [-0.1, -0.05) is 358 Å². The average Bonchev–Trinajstić information content (AvgIpc) is 1.56. The van der Waals surface area contributed by atoms with Crippen molar-refractivity contribution in [1.82, 2.24) is 49.0 Å². The molecule has 26 rings (SSSR count). The maximum absolute atomic E-state index is 5.49. The van der Waals surface area contributed by atoms with Crippen LogP contribution in [0.2, 0.25) is 0 Å². The van der Waals surface area contributed by atoms with Gasteiger partial charge in [-0.3, -0.25) is 9.97 Å². The molecule has 0 unspecified atom stereocenters. The Labute approximate surface area is 792 Å². The fourth-order valence-electron chi connectivity index (χ4n) is 19.3. The van der Waals surface area contributed by atoms with E-state index in [4.69, 9.17) is 39.9 Å². The summed E-state index contributed by atoms with van der Waals surface area (Å²) >= 11 is 3.63. The van der Waals surface area contributed by atoms with Crippen molar-refractivity contribution < 1.29 is 0 Å². The summed E-state index contributed by atoms with van der Waals surface area (Å²) in [4.78, 5) is 42.3. The molecule has 0 aliphatic rings. The van der Waals surface area contributed by atoms with E-state index in [1.54, 1.807) is 0 Å². The Hall–Kier alpha value is -17.7. The summed E-state index contributed by atoms with van der Waals surface area (Å²) in [5.74, 6) is 3.49. The van der Waals surface area contributed by atoms with Crippen LogP contribution in [0.5, 0.6) is 0 Å². The van der Waals surface area contributed by atoms with Crippen molar-refractivity contribution in [3.63, 3.8) is 0 Å². The predicted octanol–water partition coefficient (Wildman–Crippen LogP) is 32.8. The molecule has 0 atom stereocenters. The third-order valence-electron chi connectivity index (χ3n) is 25.7. The lowest BCUT2D eigenvalue weighted by Gasteiger charge is -2.15. The van der Waals surface area contributed by atoms with Crippen LogP contribution in [0, 0.1) is 0 Å². The number of rotatable bonds is 16. The van der Waals surface area contributed by atoms with Crippen molar-refractivity contribution in [3.8, 4) is 169 Å². The normalized spacial score (nSPS) is 11.5. The largest absolute Gasteiger partial charge is 0.309 e. The van der Waals surface area contributed by atoms with Gasteiger partial charge in [-0.15, -0.1) is 22.7 Å². The quantitative estimate of drug-likeness (QED) is 0.0940. The molecule has 0 spiro atoms. The molecule has 0 fully saturated rings. The maximum Gasteiger partial charge on any atom is 0.166 e. The van der Waals surface area contributed by atoms with E-state index in [9.17, 15) is 0 Å². The first kappa shape index (κ1) is 80.4. The lowest BCUT2D eigenvalue weighted by atomic mass is 9.92. The lowest BCUT2D eigenvalue weighted by molar-refractivity contribution is 1.07. The Kier molecular flexibility index (Phi) is 20.4. The second-order valence-electron chi connectivity index (χ2n) is 34.0. The molecule has 0 radical (unpaired) electrons. The zero-order valence-corrected chi connectivity index (χ0v) is 75.0. The van der Waals surface area contributed by atoms with Gasteiger partial charge < -0.3 is 9.13 Å². The molecule has 0 aliphatic heterocycles. The number of para-hydroxylation sites is 4. The summed E-state index contributed by atoms with van der Waals surface area (Å²) in [6.45, 7) is 0. The number of pyridine rings is 2. The highest BCUT2D eigenvalue weighted by atomic mass is 32.1. The first-order valence-electron chi connectivity index (χ1n) is 45.6. The van der Waals surface area contributed by atoms with E-state index in [2.05, 4.69) is 373 Å². The Morgan fingerprint density at radius 2 is 0.485 bits per heavy atom. The highest BCUT2D eigenvalue weighted by Gasteiger charge is 2.28. The van der Waals surface area contributed by atoms with Crippen LogP contribution in [0.15, 0.2) is 473 Å². The lowest BCUT2D eigenvalue weighted by Crippen LogP contribution is -2.02. The number of thiophene rings is 2. The second kappa shape index (κ2) is 34.6. The molecule has 10 nitrogen and oxygen atoms in total. The van der Waals surface area contributed by atoms with Gasteiger partial charge in [0.2, 0.25) is 0 Å². The van der Waals surface area contributed by atoms with E-state index in [1.165, 1.54) is 79.3 Å². The van der Waals surface area contributed by atoms with Crippen molar-refractivity contribution in [2.45, 2.75) is 0 Å². The van der Waals surface area contributed by atoms with Gasteiger partial charge in [0.1, 0.15) is 0 Å². The first-order chi connectivity index (χ1) is 67.4. The van der Waals surface area contributed by atoms with Crippen LogP contribution < -0.4 is 0 Å². The number of aromatic nitrogens is 10. The Bertz CT molecular complexity index is 8820. The number of hydrogen-bond donors (Lipinski definition) is 0. The molecule has 0 saturated heterocycles. The standard InChI is InChI=1S/2C62H39N5S/c1-6-19-40(20-7-1)44-35-45(41-21-8-2-9-22-41)37-46(36-44)47-38-53(62-65-60(42-23-10-3-11-24-42)64-61(66-62)43-25-12-4-13-26-43)57(63-39-47)52-31-18-30-51-56-55(68-59(51)52)34-33-50-49-29-16-17-32-54(49)67(58(50)56)48-27-14-5-15-28-48;1-6-18-40(19-7-1)45-34-46(41-20-8-2-9-21-41)36-47(35-45)48-37-53(62-65-60(42-22-10-3-11-23-42)64-61(66-62)43-24-12-4-13-25-43)58(63-39-48)44-30-31-52-56(38-44)68-55-33-32-51-50-28-16-17-29-54(50)67(59(51)57(52)55)49-26-14-5-15-27-49/h2*1-39H. The average molecular weight is 1770 g/mol. The molecular weight excluding hydrogens is 1690 g/mol. The molecule has 8 aromatic heterocycles. The fraction of sp³-hybridized carbons (Fsp3) is 0. The smallest absolute Gasteiger partial charge is 0.166 e. The molecule has 12 heteroatoms. The van der Waals surface area contributed by atoms with Gasteiger partial charge in [0.15, 0.2) is 34.9 Å². The van der Waals surface area contributed by atoms with Crippen molar-refractivity contribution in [1.29, 1.82) is 0 Å². The number of fused-ring (bicyclic) bond motifs is 14. The molecule has 0 saturated carbocycles. The third-order valence-corrected chi connectivity index (χ3v) is 28.1. The maximum atomic E-state index is 5.49. The Balaban J connectivity index is 0.000000145. The number of nitrogens with zero attached hydrogens (tertiary/aromatic N) is 10. The van der Waals surface area contributed by atoms with Crippen molar-refractivity contribution in [2.24, 2.45) is 0 Å². The zero-order valence-electron chi connectivity index (χ0n) is 73.3. The summed E-state index contributed by atoms with van der Waals surface area (Å²) < 4.78 is 9.63. The molecule has 18 aromatic carbocycles. The molecule has 136 heavy (non-hydrogen) atoms. The van der Waals surface area contributed by atoms with E-state index in [0.29, 0.717) is 34.9 Å². The molecular formula is C124H78N10S2. The number of benzene rings is 18. The predicted molar refractivity (Wildman–Crippen MR) is 566 cm³/mol. The SMILES string of the molecule is c1ccc(-c2cc(-c3ccccc3)cc(-c3cnc(-c4ccc5c(c4)sc4ccc6c7ccccc7n(-c7ccccc7)c6c45)c(-c4nc(-c5ccccc5)nc(-c5ccccc5)n4)c3)c2)cc1.c1ccc(-c2cc(-c3ccccc3)cc(-c3cnc(-c4cccc5c4sc4ccc6c7ccccc7n(-c7ccccc7)c6c45)c(-c4nc(-c5ccccc5)nc(-c5ccccc5)n4)c3)c2)cc1. The van der Waals surface area contributed by atoms with Crippen LogP contribution in [0.4, 0.5) is 0 Å². The minimum absolute atomic E-state index is 0.550. The molecule has 636 valence electrons. The zero-order chi connectivity index (χ0) is 89.9. The van der Waals surface area contributed by atoms with E-state index in [1.807, 2.05) is 132 Å². The molecule has 0 N–H and O–H groups in total. The summed E-state index contributed by atoms with van der Waals surface area (Å²) in [6, 6.07) is 162. The van der Waals surface area contributed by atoms with E-state index < -0.39 is 0 Å². The van der Waals surface area contributed by atoms with Crippen LogP contribution >= 0.6 is 22.7 Å². The second-order valence-corrected chi connectivity index (χ2v) is 36.2. The van der Waals surface area contributed by atoms with E-state index in [-0.39, 0.29) is 0 Å². The van der Waals surface area contributed by atoms with Gasteiger partial charge in [-0.05, 0) is 159 Å². The monoisotopic (exact) mass is 1770 g/mol. The van der Waals surface area contributed by atoms with Crippen LogP contribution in [0.1, 0.15) is 0 Å². The van der Waals surface area contributed by atoms with Gasteiger partial charge in [0.25, 0.3) is 0 Å². The molecule has 26 aromatic rings. The van der Waals surface area contributed by atoms with Gasteiger partial charge >= 0.3 is 0 Å². The summed E-state index contributed by atoms with van der Waals surface area (Å²) in [5, 5.41) is 9.81. The minimum Gasteiger partial charge on any atom is -0.309 e. The van der Waals surface area contributed by atoms with Gasteiger partial charge in [0.05, 0.1) is 33.5 Å². The van der Waals surface area contributed by atoms with Gasteiger partial charge in [0, 0.05) is 141 Å². The highest BCUT2D eigenvalue weighted by molar-refractivity contribution is 7.26. The third kappa shape index (κ3) is 14.8. The van der Waals surface area contributed by atoms with Gasteiger partial charge in [-0.25, -0.2) is 29.9 Å². The molecule has 0 aliphatic carbocycles. The molecule has 0 amide bonds. The van der Waals surface area contributed by atoms with Crippen molar-refractivity contribution in [2.75, 3.05) is 0 Å². The van der Waals surface area contributed by atoms with Gasteiger partial charge in [-0.2, -0.15) is 0 Å². The highest BCUT2D eigenvalue weighted by Crippen LogP contribution is 2.50. The summed E-state index contributed by atoms with van der Waals surface area (Å²) in [5.41, 5.74) is 29.0. The topological polar surface area (TPSA) is 113 Å². The molecule has 8 heterocycles. The Morgan fingerprint density at radius 3 is 0.882 bits per heavy atom. The van der Waals surface area contributed by atoms with Crippen molar-refractivity contribution in [3.05, 3.63) is 473 Å². The van der Waals surface area contributed by atoms with E-state index in [0.717, 1.165) is 139 Å². The summed E-state index contributed by atoms with van der Waals surface area (Å²) in [7, 11) is 0. The first-order valence-corrected chi connectivity index (χ1v) is 47.2. The van der Waals surface area contributed by atoms with Crippen LogP contribution in [-0.2, 0) is 0 Å². The van der Waals surface area contributed by atoms with Crippen LogP contribution in [0.25, 0.3) is 253 Å². The minimum atomic E-state index is 0.550.